The summed E-state index contributed by atoms with van der Waals surface area (Å²) in [6.45, 7) is 5.99. The molecule has 1 fully saturated rings. The predicted molar refractivity (Wildman–Crippen MR) is 127 cm³/mol. The SMILES string of the molecule is CCCCC/C(=C\c1ccccc1)CN(CC1CCNCC1)C(=O)C1=CCCC=C1. The fraction of sp³-hybridized carbons (Fsp3) is 0.519. The van der Waals surface area contributed by atoms with Gasteiger partial charge in [0.25, 0.3) is 5.91 Å². The molecule has 1 amide bonds. The Hall–Kier alpha value is -2.13. The molecule has 0 radical (unpaired) electrons. The van der Waals surface area contributed by atoms with Crippen LogP contribution < -0.4 is 5.32 Å². The summed E-state index contributed by atoms with van der Waals surface area (Å²) in [6, 6.07) is 10.6. The van der Waals surface area contributed by atoms with Crippen LogP contribution in [0.4, 0.5) is 0 Å². The molecular weight excluding hydrogens is 368 g/mol. The van der Waals surface area contributed by atoms with Crippen molar-refractivity contribution in [1.82, 2.24) is 10.2 Å². The van der Waals surface area contributed by atoms with Crippen LogP contribution in [0.25, 0.3) is 6.08 Å². The highest BCUT2D eigenvalue weighted by Crippen LogP contribution is 2.22. The third-order valence-electron chi connectivity index (χ3n) is 6.13. The topological polar surface area (TPSA) is 32.3 Å². The van der Waals surface area contributed by atoms with Gasteiger partial charge < -0.3 is 10.2 Å². The van der Waals surface area contributed by atoms with Gasteiger partial charge in [-0.2, -0.15) is 0 Å². The summed E-state index contributed by atoms with van der Waals surface area (Å²) in [4.78, 5) is 15.6. The van der Waals surface area contributed by atoms with Crippen molar-refractivity contribution in [3.05, 3.63) is 65.3 Å². The number of unbranched alkanes of at least 4 members (excludes halogenated alkanes) is 2. The molecule has 0 aromatic heterocycles. The van der Waals surface area contributed by atoms with Crippen LogP contribution in [0.1, 0.15) is 63.9 Å². The van der Waals surface area contributed by atoms with Gasteiger partial charge in [-0.25, -0.2) is 0 Å². The first-order valence-electron chi connectivity index (χ1n) is 11.9. The van der Waals surface area contributed by atoms with E-state index in [9.17, 15) is 4.79 Å². The molecule has 162 valence electrons. The molecule has 0 saturated carbocycles. The summed E-state index contributed by atoms with van der Waals surface area (Å²) in [6.07, 6.45) is 17.6. The normalized spacial score (nSPS) is 17.6. The van der Waals surface area contributed by atoms with E-state index in [1.807, 2.05) is 6.08 Å². The van der Waals surface area contributed by atoms with Crippen molar-refractivity contribution >= 4 is 12.0 Å². The molecule has 1 N–H and O–H groups in total. The second kappa shape index (κ2) is 12.5. The van der Waals surface area contributed by atoms with E-state index in [1.54, 1.807) is 0 Å². The van der Waals surface area contributed by atoms with Crippen LogP contribution in [0.5, 0.6) is 0 Å². The van der Waals surface area contributed by atoms with Crippen molar-refractivity contribution in [1.29, 1.82) is 0 Å². The minimum atomic E-state index is 0.207. The molecule has 30 heavy (non-hydrogen) atoms. The smallest absolute Gasteiger partial charge is 0.253 e. The van der Waals surface area contributed by atoms with E-state index in [2.05, 4.69) is 65.7 Å². The molecule has 2 aliphatic rings. The Balaban J connectivity index is 1.79. The minimum Gasteiger partial charge on any atom is -0.334 e. The zero-order chi connectivity index (χ0) is 21.0. The third-order valence-corrected chi connectivity index (χ3v) is 6.13. The lowest BCUT2D eigenvalue weighted by molar-refractivity contribution is -0.127. The number of amides is 1. The number of nitrogens with one attached hydrogen (secondary N) is 1. The van der Waals surface area contributed by atoms with Gasteiger partial charge in [0.2, 0.25) is 0 Å². The van der Waals surface area contributed by atoms with E-state index in [0.717, 1.165) is 63.9 Å². The van der Waals surface area contributed by atoms with Crippen LogP contribution in [-0.4, -0.2) is 37.0 Å². The van der Waals surface area contributed by atoms with E-state index in [4.69, 9.17) is 0 Å². The molecule has 0 bridgehead atoms. The fourth-order valence-electron chi connectivity index (χ4n) is 4.38. The Morgan fingerprint density at radius 3 is 2.63 bits per heavy atom. The molecular formula is C27H38N2O. The van der Waals surface area contributed by atoms with Crippen LogP contribution in [0.15, 0.2) is 59.7 Å². The van der Waals surface area contributed by atoms with Crippen LogP contribution in [0.3, 0.4) is 0 Å². The molecule has 0 atom stereocenters. The molecule has 1 aromatic carbocycles. The molecule has 3 rings (SSSR count). The summed E-state index contributed by atoms with van der Waals surface area (Å²) in [5.74, 6) is 0.802. The van der Waals surface area contributed by atoms with E-state index < -0.39 is 0 Å². The number of rotatable bonds is 10. The number of hydrogen-bond acceptors (Lipinski definition) is 2. The average Bonchev–Trinajstić information content (AvgIpc) is 2.80. The molecule has 3 nitrogen and oxygen atoms in total. The Kier molecular flexibility index (Phi) is 9.43. The van der Waals surface area contributed by atoms with Gasteiger partial charge in [0, 0.05) is 18.7 Å². The van der Waals surface area contributed by atoms with Crippen molar-refractivity contribution in [2.45, 2.75) is 58.3 Å². The summed E-state index contributed by atoms with van der Waals surface area (Å²) < 4.78 is 0. The Labute approximate surface area is 182 Å². The number of allylic oxidation sites excluding steroid dienone is 2. The van der Waals surface area contributed by atoms with Crippen molar-refractivity contribution in [2.24, 2.45) is 5.92 Å². The van der Waals surface area contributed by atoms with Crippen molar-refractivity contribution < 1.29 is 4.79 Å². The second-order valence-corrected chi connectivity index (χ2v) is 8.69. The lowest BCUT2D eigenvalue weighted by atomic mass is 9.95. The monoisotopic (exact) mass is 406 g/mol. The van der Waals surface area contributed by atoms with Gasteiger partial charge in [-0.15, -0.1) is 0 Å². The maximum Gasteiger partial charge on any atom is 0.253 e. The van der Waals surface area contributed by atoms with Crippen molar-refractivity contribution in [2.75, 3.05) is 26.2 Å². The summed E-state index contributed by atoms with van der Waals surface area (Å²) in [5.41, 5.74) is 3.48. The lowest BCUT2D eigenvalue weighted by Gasteiger charge is -2.31. The molecule has 1 saturated heterocycles. The first-order chi connectivity index (χ1) is 14.8. The van der Waals surface area contributed by atoms with Gasteiger partial charge >= 0.3 is 0 Å². The highest BCUT2D eigenvalue weighted by Gasteiger charge is 2.23. The van der Waals surface area contributed by atoms with Gasteiger partial charge in [0.15, 0.2) is 0 Å². The van der Waals surface area contributed by atoms with E-state index in [-0.39, 0.29) is 5.91 Å². The highest BCUT2D eigenvalue weighted by atomic mass is 16.2. The Morgan fingerprint density at radius 1 is 1.13 bits per heavy atom. The number of hydrogen-bond donors (Lipinski definition) is 1. The predicted octanol–water partition coefficient (Wildman–Crippen LogP) is 5.75. The summed E-state index contributed by atoms with van der Waals surface area (Å²) in [5, 5.41) is 3.45. The number of carbonyl (C=O) groups excluding carboxylic acids is 1. The minimum absolute atomic E-state index is 0.207. The largest absolute Gasteiger partial charge is 0.334 e. The molecule has 1 aliphatic heterocycles. The maximum atomic E-state index is 13.5. The Bertz CT molecular complexity index is 741. The first-order valence-corrected chi connectivity index (χ1v) is 11.9. The molecule has 1 heterocycles. The fourth-order valence-corrected chi connectivity index (χ4v) is 4.38. The van der Waals surface area contributed by atoms with Gasteiger partial charge in [-0.3, -0.25) is 4.79 Å². The van der Waals surface area contributed by atoms with Crippen LogP contribution in [0, 0.1) is 5.92 Å². The van der Waals surface area contributed by atoms with E-state index >= 15 is 0 Å². The second-order valence-electron chi connectivity index (χ2n) is 8.69. The molecule has 3 heteroatoms. The zero-order valence-corrected chi connectivity index (χ0v) is 18.6. The highest BCUT2D eigenvalue weighted by molar-refractivity contribution is 5.96. The van der Waals surface area contributed by atoms with Crippen molar-refractivity contribution in [3.63, 3.8) is 0 Å². The zero-order valence-electron chi connectivity index (χ0n) is 18.6. The number of nitrogens with zero attached hydrogens (tertiary/aromatic N) is 1. The molecule has 0 spiro atoms. The maximum absolute atomic E-state index is 13.5. The number of piperidine rings is 1. The van der Waals surface area contributed by atoms with E-state index in [0.29, 0.717) is 5.92 Å². The van der Waals surface area contributed by atoms with Gasteiger partial charge in [0.05, 0.1) is 0 Å². The molecule has 1 aliphatic carbocycles. The van der Waals surface area contributed by atoms with Crippen LogP contribution in [-0.2, 0) is 4.79 Å². The van der Waals surface area contributed by atoms with Gasteiger partial charge in [-0.1, -0.05) is 80.0 Å². The van der Waals surface area contributed by atoms with Crippen LogP contribution >= 0.6 is 0 Å². The number of carbonyl (C=O) groups is 1. The van der Waals surface area contributed by atoms with E-state index in [1.165, 1.54) is 30.4 Å². The van der Waals surface area contributed by atoms with Crippen molar-refractivity contribution in [3.8, 4) is 0 Å². The Morgan fingerprint density at radius 2 is 1.93 bits per heavy atom. The van der Waals surface area contributed by atoms with Gasteiger partial charge in [-0.05, 0) is 63.1 Å². The molecule has 1 aromatic rings. The third kappa shape index (κ3) is 7.28. The van der Waals surface area contributed by atoms with Gasteiger partial charge in [0.1, 0.15) is 0 Å². The summed E-state index contributed by atoms with van der Waals surface area (Å²) in [7, 11) is 0. The molecule has 0 unspecified atom stereocenters. The standard InChI is InChI=1S/C27H38N2O/c1-2-3-6-13-25(20-23-11-7-4-8-12-23)22-29(21-24-16-18-28-19-17-24)27(30)26-14-9-5-10-15-26/h4,7-9,11-12,14-15,20,24,28H,2-3,5-6,10,13,16-19,21-22H2,1H3/b25-20+. The van der Waals surface area contributed by atoms with Crippen LogP contribution in [0.2, 0.25) is 0 Å². The quantitative estimate of drug-likeness (QED) is 0.501. The average molecular weight is 407 g/mol. The number of benzene rings is 1. The lowest BCUT2D eigenvalue weighted by Crippen LogP contribution is -2.40. The first kappa shape index (κ1) is 22.6. The summed E-state index contributed by atoms with van der Waals surface area (Å²) >= 11 is 0.